The summed E-state index contributed by atoms with van der Waals surface area (Å²) in [5.74, 6) is 0.917. The van der Waals surface area contributed by atoms with E-state index in [0.717, 1.165) is 12.8 Å². The van der Waals surface area contributed by atoms with Gasteiger partial charge in [-0.1, -0.05) is 18.2 Å². The number of carbonyl (C=O) groups excluding carboxylic acids is 2. The van der Waals surface area contributed by atoms with Crippen LogP contribution in [0, 0.1) is 11.7 Å². The highest BCUT2D eigenvalue weighted by Gasteiger charge is 2.27. The third-order valence-electron chi connectivity index (χ3n) is 5.72. The third-order valence-corrected chi connectivity index (χ3v) is 5.72. The van der Waals surface area contributed by atoms with Crippen molar-refractivity contribution in [2.45, 2.75) is 25.8 Å². The highest BCUT2D eigenvalue weighted by Crippen LogP contribution is 2.38. The first-order valence-corrected chi connectivity index (χ1v) is 10.6. The molecule has 2 amide bonds. The first-order chi connectivity index (χ1) is 15.5. The number of likely N-dealkylation sites (tertiary alicyclic amines) is 1. The van der Waals surface area contributed by atoms with Gasteiger partial charge in [-0.05, 0) is 37.0 Å². The predicted octanol–water partition coefficient (Wildman–Crippen LogP) is 3.41. The molecule has 0 unspecified atom stereocenters. The predicted molar refractivity (Wildman–Crippen MR) is 118 cm³/mol. The number of hydrogen-bond donors (Lipinski definition) is 1. The van der Waals surface area contributed by atoms with Gasteiger partial charge < -0.3 is 24.4 Å². The molecule has 1 aliphatic rings. The van der Waals surface area contributed by atoms with Crippen molar-refractivity contribution in [2.75, 3.05) is 34.4 Å². The number of hydrogen-bond acceptors (Lipinski definition) is 5. The normalized spacial score (nSPS) is 14.1. The molecule has 8 heteroatoms. The smallest absolute Gasteiger partial charge is 0.254 e. The van der Waals surface area contributed by atoms with E-state index in [1.54, 1.807) is 35.2 Å². The Bertz CT molecular complexity index is 932. The zero-order chi connectivity index (χ0) is 23.1. The van der Waals surface area contributed by atoms with E-state index in [0.29, 0.717) is 47.9 Å². The molecule has 7 nitrogen and oxygen atoms in total. The number of halogens is 1. The number of benzene rings is 2. The van der Waals surface area contributed by atoms with Crippen LogP contribution in [-0.2, 0) is 11.3 Å². The van der Waals surface area contributed by atoms with Gasteiger partial charge in [-0.2, -0.15) is 0 Å². The van der Waals surface area contributed by atoms with Crippen LogP contribution in [0.3, 0.4) is 0 Å². The van der Waals surface area contributed by atoms with Crippen molar-refractivity contribution in [3.05, 3.63) is 53.3 Å². The van der Waals surface area contributed by atoms with Crippen LogP contribution in [-0.4, -0.2) is 51.1 Å². The minimum atomic E-state index is -0.327. The van der Waals surface area contributed by atoms with Gasteiger partial charge in [0.05, 0.1) is 21.3 Å². The summed E-state index contributed by atoms with van der Waals surface area (Å²) in [5, 5.41) is 2.78. The zero-order valence-electron chi connectivity index (χ0n) is 18.7. The number of carbonyl (C=O) groups is 2. The van der Waals surface area contributed by atoms with Crippen LogP contribution < -0.4 is 19.5 Å². The molecule has 0 radical (unpaired) electrons. The van der Waals surface area contributed by atoms with Gasteiger partial charge in [0, 0.05) is 37.2 Å². The lowest BCUT2D eigenvalue weighted by atomic mass is 9.92. The summed E-state index contributed by atoms with van der Waals surface area (Å²) >= 11 is 0. The van der Waals surface area contributed by atoms with E-state index in [2.05, 4.69) is 5.32 Å². The summed E-state index contributed by atoms with van der Waals surface area (Å²) in [7, 11) is 4.53. The second-order valence-electron chi connectivity index (χ2n) is 7.72. The van der Waals surface area contributed by atoms with E-state index in [-0.39, 0.29) is 30.1 Å². The number of piperidine rings is 1. The van der Waals surface area contributed by atoms with Crippen LogP contribution in [0.2, 0.25) is 0 Å². The maximum Gasteiger partial charge on any atom is 0.254 e. The molecule has 0 bridgehead atoms. The van der Waals surface area contributed by atoms with Crippen molar-refractivity contribution in [3.8, 4) is 17.2 Å². The minimum absolute atomic E-state index is 0.109. The standard InChI is InChI=1S/C24H29FN2O5/c1-30-20-13-18(14-21(31-2)23(20)32-3)24(29)27-10-8-16(9-11-27)12-22(28)26-15-17-6-4-5-7-19(17)25/h4-7,13-14,16H,8-12,15H2,1-3H3,(H,26,28). The fourth-order valence-electron chi connectivity index (χ4n) is 3.90. The quantitative estimate of drug-likeness (QED) is 0.675. The van der Waals surface area contributed by atoms with Crippen molar-refractivity contribution < 1.29 is 28.2 Å². The fourth-order valence-corrected chi connectivity index (χ4v) is 3.90. The zero-order valence-corrected chi connectivity index (χ0v) is 18.7. The molecule has 0 aliphatic carbocycles. The molecule has 1 aliphatic heterocycles. The lowest BCUT2D eigenvalue weighted by molar-refractivity contribution is -0.122. The van der Waals surface area contributed by atoms with E-state index < -0.39 is 0 Å². The largest absolute Gasteiger partial charge is 0.493 e. The van der Waals surface area contributed by atoms with Crippen molar-refractivity contribution in [1.82, 2.24) is 10.2 Å². The summed E-state index contributed by atoms with van der Waals surface area (Å²) in [5.41, 5.74) is 0.923. The highest BCUT2D eigenvalue weighted by molar-refractivity contribution is 5.95. The van der Waals surface area contributed by atoms with Crippen molar-refractivity contribution in [3.63, 3.8) is 0 Å². The average Bonchev–Trinajstić information content (AvgIpc) is 2.82. The summed E-state index contributed by atoms with van der Waals surface area (Å²) in [6.07, 6.45) is 1.81. The maximum absolute atomic E-state index is 13.7. The van der Waals surface area contributed by atoms with Gasteiger partial charge in [-0.3, -0.25) is 9.59 Å². The minimum Gasteiger partial charge on any atom is -0.493 e. The van der Waals surface area contributed by atoms with E-state index in [1.807, 2.05) is 0 Å². The highest BCUT2D eigenvalue weighted by atomic mass is 19.1. The van der Waals surface area contributed by atoms with E-state index in [1.165, 1.54) is 27.4 Å². The number of nitrogens with zero attached hydrogens (tertiary/aromatic N) is 1. The number of nitrogens with one attached hydrogen (secondary N) is 1. The van der Waals surface area contributed by atoms with Crippen LogP contribution in [0.25, 0.3) is 0 Å². The molecule has 1 fully saturated rings. The Morgan fingerprint density at radius 3 is 2.22 bits per heavy atom. The monoisotopic (exact) mass is 444 g/mol. The molecular formula is C24H29FN2O5. The Balaban J connectivity index is 1.53. The van der Waals surface area contributed by atoms with Crippen LogP contribution >= 0.6 is 0 Å². The maximum atomic E-state index is 13.7. The Morgan fingerprint density at radius 1 is 1.03 bits per heavy atom. The molecule has 2 aromatic carbocycles. The van der Waals surface area contributed by atoms with Crippen LogP contribution in [0.1, 0.15) is 35.2 Å². The molecule has 172 valence electrons. The van der Waals surface area contributed by atoms with Gasteiger partial charge in [0.25, 0.3) is 5.91 Å². The third kappa shape index (κ3) is 5.49. The van der Waals surface area contributed by atoms with Crippen molar-refractivity contribution >= 4 is 11.8 Å². The second-order valence-corrected chi connectivity index (χ2v) is 7.72. The van der Waals surface area contributed by atoms with Crippen molar-refractivity contribution in [1.29, 1.82) is 0 Å². The lowest BCUT2D eigenvalue weighted by Gasteiger charge is -2.32. The summed E-state index contributed by atoms with van der Waals surface area (Å²) in [4.78, 5) is 27.1. The molecule has 2 aromatic rings. The molecular weight excluding hydrogens is 415 g/mol. The molecule has 0 saturated carbocycles. The molecule has 32 heavy (non-hydrogen) atoms. The summed E-state index contributed by atoms with van der Waals surface area (Å²) < 4.78 is 29.7. The van der Waals surface area contributed by atoms with Gasteiger partial charge in [-0.25, -0.2) is 4.39 Å². The van der Waals surface area contributed by atoms with Gasteiger partial charge in [0.1, 0.15) is 5.82 Å². The molecule has 0 atom stereocenters. The van der Waals surface area contributed by atoms with Crippen LogP contribution in [0.5, 0.6) is 17.2 Å². The Kier molecular flexibility index (Phi) is 7.92. The van der Waals surface area contributed by atoms with Crippen LogP contribution in [0.15, 0.2) is 36.4 Å². The fraction of sp³-hybridized carbons (Fsp3) is 0.417. The Morgan fingerprint density at radius 2 is 1.66 bits per heavy atom. The van der Waals surface area contributed by atoms with E-state index >= 15 is 0 Å². The average molecular weight is 445 g/mol. The Labute approximate surface area is 187 Å². The summed E-state index contributed by atoms with van der Waals surface area (Å²) in [6.45, 7) is 1.28. The number of amides is 2. The SMILES string of the molecule is COc1cc(C(=O)N2CCC(CC(=O)NCc3ccccc3F)CC2)cc(OC)c1OC. The summed E-state index contributed by atoms with van der Waals surface area (Å²) in [6, 6.07) is 9.68. The van der Waals surface area contributed by atoms with Gasteiger partial charge in [0.15, 0.2) is 11.5 Å². The number of methoxy groups -OCH3 is 3. The van der Waals surface area contributed by atoms with E-state index in [9.17, 15) is 14.0 Å². The van der Waals surface area contributed by atoms with E-state index in [4.69, 9.17) is 14.2 Å². The molecule has 0 aromatic heterocycles. The Hall–Kier alpha value is -3.29. The topological polar surface area (TPSA) is 77.1 Å². The number of rotatable bonds is 8. The lowest BCUT2D eigenvalue weighted by Crippen LogP contribution is -2.39. The van der Waals surface area contributed by atoms with Gasteiger partial charge in [0.2, 0.25) is 11.7 Å². The molecule has 1 heterocycles. The van der Waals surface area contributed by atoms with Gasteiger partial charge >= 0.3 is 0 Å². The first kappa shape index (κ1) is 23.4. The number of ether oxygens (including phenoxy) is 3. The first-order valence-electron chi connectivity index (χ1n) is 10.6. The molecule has 1 N–H and O–H groups in total. The van der Waals surface area contributed by atoms with Gasteiger partial charge in [-0.15, -0.1) is 0 Å². The molecule has 0 spiro atoms. The van der Waals surface area contributed by atoms with Crippen molar-refractivity contribution in [2.24, 2.45) is 5.92 Å². The molecule has 1 saturated heterocycles. The second kappa shape index (κ2) is 10.8. The van der Waals surface area contributed by atoms with Crippen LogP contribution in [0.4, 0.5) is 4.39 Å². The molecule has 3 rings (SSSR count).